The predicted octanol–water partition coefficient (Wildman–Crippen LogP) is 1.88. The largest absolute Gasteiger partial charge is 0.472 e. The molecular weight excluding hydrogens is 458 g/mol. The van der Waals surface area contributed by atoms with E-state index < -0.39 is 5.60 Å². The summed E-state index contributed by atoms with van der Waals surface area (Å²) in [6.45, 7) is 5.41. The Morgan fingerprint density at radius 3 is 2.69 bits per heavy atom. The Morgan fingerprint density at radius 2 is 2.00 bits per heavy atom. The van der Waals surface area contributed by atoms with Crippen LogP contribution in [0.5, 0.6) is 5.88 Å². The number of nitrogens with zero attached hydrogens (tertiary/aromatic N) is 5. The SMILES string of the molecule is C[C@@H]1CN([C@@H](C)CO)C(=O)c2cc(C#CC3(O)CCCC3)cnc2O[C@H]1CN(C)Cc1cncnc1. The van der Waals surface area contributed by atoms with Gasteiger partial charge in [-0.1, -0.05) is 18.8 Å². The maximum Gasteiger partial charge on any atom is 0.259 e. The summed E-state index contributed by atoms with van der Waals surface area (Å²) < 4.78 is 6.35. The van der Waals surface area contributed by atoms with Crippen LogP contribution in [0.4, 0.5) is 0 Å². The highest BCUT2D eigenvalue weighted by Gasteiger charge is 2.34. The molecule has 3 heterocycles. The normalized spacial score (nSPS) is 22.2. The van der Waals surface area contributed by atoms with E-state index >= 15 is 0 Å². The highest BCUT2D eigenvalue weighted by atomic mass is 16.5. The van der Waals surface area contributed by atoms with Crippen molar-refractivity contribution < 1.29 is 19.7 Å². The van der Waals surface area contributed by atoms with E-state index in [9.17, 15) is 15.0 Å². The molecule has 3 atom stereocenters. The lowest BCUT2D eigenvalue weighted by atomic mass is 9.99. The maximum atomic E-state index is 13.6. The van der Waals surface area contributed by atoms with Crippen molar-refractivity contribution in [1.29, 1.82) is 0 Å². The van der Waals surface area contributed by atoms with Crippen LogP contribution in [0.2, 0.25) is 0 Å². The number of ether oxygens (including phenoxy) is 1. The van der Waals surface area contributed by atoms with Gasteiger partial charge >= 0.3 is 0 Å². The number of aliphatic hydroxyl groups is 2. The van der Waals surface area contributed by atoms with Gasteiger partial charge in [0.25, 0.3) is 5.91 Å². The molecule has 2 aliphatic rings. The van der Waals surface area contributed by atoms with Crippen LogP contribution >= 0.6 is 0 Å². The molecule has 36 heavy (non-hydrogen) atoms. The van der Waals surface area contributed by atoms with Crippen molar-refractivity contribution in [3.63, 3.8) is 0 Å². The molecule has 1 amide bonds. The molecule has 192 valence electrons. The summed E-state index contributed by atoms with van der Waals surface area (Å²) in [5, 5.41) is 20.4. The van der Waals surface area contributed by atoms with Gasteiger partial charge in [0.05, 0.1) is 12.6 Å². The van der Waals surface area contributed by atoms with Crippen molar-refractivity contribution in [2.75, 3.05) is 26.7 Å². The van der Waals surface area contributed by atoms with Crippen molar-refractivity contribution in [2.24, 2.45) is 5.92 Å². The number of hydrogen-bond acceptors (Lipinski definition) is 8. The second-order valence-corrected chi connectivity index (χ2v) is 10.1. The van der Waals surface area contributed by atoms with Crippen molar-refractivity contribution >= 4 is 5.91 Å². The summed E-state index contributed by atoms with van der Waals surface area (Å²) in [7, 11) is 2.00. The van der Waals surface area contributed by atoms with Gasteiger partial charge in [0.1, 0.15) is 23.6 Å². The zero-order chi connectivity index (χ0) is 25.7. The summed E-state index contributed by atoms with van der Waals surface area (Å²) in [6.07, 6.45) is 9.66. The fraction of sp³-hybridized carbons (Fsp3) is 0.556. The number of hydrogen-bond donors (Lipinski definition) is 2. The molecule has 1 aliphatic heterocycles. The highest BCUT2D eigenvalue weighted by Crippen LogP contribution is 2.30. The van der Waals surface area contributed by atoms with Gasteiger partial charge < -0.3 is 19.8 Å². The molecule has 2 aromatic heterocycles. The Kier molecular flexibility index (Phi) is 8.19. The lowest BCUT2D eigenvalue weighted by Crippen LogP contribution is -2.49. The van der Waals surface area contributed by atoms with E-state index in [0.717, 1.165) is 18.4 Å². The van der Waals surface area contributed by atoms with E-state index in [-0.39, 0.29) is 36.5 Å². The first-order chi connectivity index (χ1) is 17.3. The number of fused-ring (bicyclic) bond motifs is 1. The first-order valence-corrected chi connectivity index (χ1v) is 12.5. The number of carbonyl (C=O) groups excluding carboxylic acids is 1. The minimum absolute atomic E-state index is 0.0107. The molecule has 2 aromatic rings. The first-order valence-electron chi connectivity index (χ1n) is 12.5. The van der Waals surface area contributed by atoms with Crippen LogP contribution in [-0.4, -0.2) is 85.4 Å². The van der Waals surface area contributed by atoms with E-state index in [0.29, 0.717) is 43.6 Å². The van der Waals surface area contributed by atoms with Crippen molar-refractivity contribution in [1.82, 2.24) is 24.8 Å². The average Bonchev–Trinajstić information content (AvgIpc) is 3.31. The number of amides is 1. The van der Waals surface area contributed by atoms with Crippen LogP contribution in [0.15, 0.2) is 31.0 Å². The maximum absolute atomic E-state index is 13.6. The minimum Gasteiger partial charge on any atom is -0.472 e. The van der Waals surface area contributed by atoms with Gasteiger partial charge in [0.2, 0.25) is 5.88 Å². The molecule has 0 spiro atoms. The molecule has 0 unspecified atom stereocenters. The van der Waals surface area contributed by atoms with E-state index in [1.807, 2.05) is 20.9 Å². The molecule has 0 saturated heterocycles. The van der Waals surface area contributed by atoms with Gasteiger partial charge in [-0.2, -0.15) is 0 Å². The zero-order valence-electron chi connectivity index (χ0n) is 21.2. The Morgan fingerprint density at radius 1 is 1.28 bits per heavy atom. The van der Waals surface area contributed by atoms with Crippen molar-refractivity contribution in [2.45, 2.75) is 63.8 Å². The van der Waals surface area contributed by atoms with Crippen LogP contribution in [0, 0.1) is 17.8 Å². The first kappa shape index (κ1) is 26.0. The number of carbonyl (C=O) groups is 1. The second kappa shape index (κ2) is 11.3. The molecule has 9 nitrogen and oxygen atoms in total. The molecule has 1 aliphatic carbocycles. The topological polar surface area (TPSA) is 112 Å². The van der Waals surface area contributed by atoms with Gasteiger partial charge in [-0.05, 0) is 45.7 Å². The second-order valence-electron chi connectivity index (χ2n) is 10.1. The summed E-state index contributed by atoms with van der Waals surface area (Å²) in [5.41, 5.74) is 0.886. The number of pyridine rings is 1. The van der Waals surface area contributed by atoms with Gasteiger partial charge in [0, 0.05) is 55.3 Å². The lowest BCUT2D eigenvalue weighted by molar-refractivity contribution is 0.0325. The fourth-order valence-electron chi connectivity index (χ4n) is 4.76. The van der Waals surface area contributed by atoms with Crippen LogP contribution in [0.3, 0.4) is 0 Å². The van der Waals surface area contributed by atoms with Gasteiger partial charge in [0.15, 0.2) is 0 Å². The molecule has 4 rings (SSSR count). The summed E-state index contributed by atoms with van der Waals surface area (Å²) in [6, 6.07) is 1.32. The third kappa shape index (κ3) is 6.19. The minimum atomic E-state index is -0.975. The predicted molar refractivity (Wildman–Crippen MR) is 134 cm³/mol. The van der Waals surface area contributed by atoms with Gasteiger partial charge in [-0.3, -0.25) is 9.69 Å². The third-order valence-corrected chi connectivity index (χ3v) is 6.95. The summed E-state index contributed by atoms with van der Waals surface area (Å²) >= 11 is 0. The van der Waals surface area contributed by atoms with Gasteiger partial charge in [-0.15, -0.1) is 0 Å². The molecule has 0 radical (unpaired) electrons. The zero-order valence-corrected chi connectivity index (χ0v) is 21.2. The Balaban J connectivity index is 1.61. The molecule has 0 bridgehead atoms. The van der Waals surface area contributed by atoms with Crippen molar-refractivity contribution in [3.8, 4) is 17.7 Å². The molecule has 0 aromatic carbocycles. The molecule has 1 saturated carbocycles. The quantitative estimate of drug-likeness (QED) is 0.587. The Hall–Kier alpha value is -3.06. The number of rotatable bonds is 6. The van der Waals surface area contributed by atoms with Crippen LogP contribution in [-0.2, 0) is 6.54 Å². The van der Waals surface area contributed by atoms with Crippen LogP contribution in [0.1, 0.15) is 61.0 Å². The van der Waals surface area contributed by atoms with Crippen LogP contribution in [0.25, 0.3) is 0 Å². The van der Waals surface area contributed by atoms with E-state index in [4.69, 9.17) is 4.74 Å². The molecule has 1 fully saturated rings. The van der Waals surface area contributed by atoms with Gasteiger partial charge in [-0.25, -0.2) is 15.0 Å². The van der Waals surface area contributed by atoms with E-state index in [1.54, 1.807) is 29.6 Å². The average molecular weight is 494 g/mol. The van der Waals surface area contributed by atoms with E-state index in [1.165, 1.54) is 6.33 Å². The molecule has 2 N–H and O–H groups in total. The van der Waals surface area contributed by atoms with Crippen molar-refractivity contribution in [3.05, 3.63) is 47.7 Å². The Labute approximate surface area is 212 Å². The summed E-state index contributed by atoms with van der Waals surface area (Å²) in [4.78, 5) is 30.0. The van der Waals surface area contributed by atoms with E-state index in [2.05, 4.69) is 31.7 Å². The third-order valence-electron chi connectivity index (χ3n) is 6.95. The molecular formula is C27H35N5O4. The summed E-state index contributed by atoms with van der Waals surface area (Å²) in [5.74, 6) is 5.99. The number of aliphatic hydroxyl groups excluding tert-OH is 1. The number of aromatic nitrogens is 3. The molecule has 9 heteroatoms. The highest BCUT2D eigenvalue weighted by molar-refractivity contribution is 5.97. The fourth-order valence-corrected chi connectivity index (χ4v) is 4.76. The smallest absolute Gasteiger partial charge is 0.259 e. The standard InChI is InChI=1S/C27H35N5O4/c1-19-14-32(20(2)17-33)26(34)23-10-21(6-9-27(35)7-4-5-8-27)13-30-25(23)36-24(19)16-31(3)15-22-11-28-18-29-12-22/h10-13,18-20,24,33,35H,4-5,7-8,14-17H2,1-3H3/t19-,20+,24+/m1/s1. The monoisotopic (exact) mass is 493 g/mol. The lowest BCUT2D eigenvalue weighted by Gasteiger charge is -2.37. The van der Waals surface area contributed by atoms with Crippen LogP contribution < -0.4 is 4.74 Å². The number of likely N-dealkylation sites (N-methyl/N-ethyl adjacent to an activating group) is 1. The Bertz CT molecular complexity index is 1110.